The van der Waals surface area contributed by atoms with Crippen LogP contribution in [-0.2, 0) is 9.53 Å². The Kier molecular flexibility index (Phi) is 7.47. The smallest absolute Gasteiger partial charge is 0.233 e. The summed E-state index contributed by atoms with van der Waals surface area (Å²) in [5.74, 6) is 0.720. The first-order valence-corrected chi connectivity index (χ1v) is 12.1. The van der Waals surface area contributed by atoms with E-state index in [1.165, 1.54) is 11.8 Å². The van der Waals surface area contributed by atoms with Crippen LogP contribution in [0, 0.1) is 6.92 Å². The second-order valence-electron chi connectivity index (χ2n) is 7.78. The third-order valence-corrected chi connectivity index (χ3v) is 6.48. The summed E-state index contributed by atoms with van der Waals surface area (Å²) in [6.45, 7) is 7.85. The zero-order valence-corrected chi connectivity index (χ0v) is 20.0. The van der Waals surface area contributed by atoms with Crippen molar-refractivity contribution in [3.8, 4) is 17.1 Å². The maximum Gasteiger partial charge on any atom is 0.233 e. The van der Waals surface area contributed by atoms with E-state index in [-0.39, 0.29) is 11.2 Å². The number of nitrogens with one attached hydrogen (secondary N) is 2. The highest BCUT2D eigenvalue weighted by Gasteiger charge is 2.23. The molecule has 0 aliphatic rings. The second-order valence-corrected chi connectivity index (χ2v) is 9.09. The summed E-state index contributed by atoms with van der Waals surface area (Å²) in [6.07, 6.45) is 2.76. The van der Waals surface area contributed by atoms with Gasteiger partial charge in [0.15, 0.2) is 11.0 Å². The number of aryl methyl sites for hydroxylation is 1. The van der Waals surface area contributed by atoms with Crippen molar-refractivity contribution in [2.45, 2.75) is 37.6 Å². The Morgan fingerprint density at radius 3 is 2.79 bits per heavy atom. The molecule has 2 aromatic heterocycles. The van der Waals surface area contributed by atoms with E-state index in [1.807, 2.05) is 50.4 Å². The highest BCUT2D eigenvalue weighted by molar-refractivity contribution is 8.00. The predicted octanol–water partition coefficient (Wildman–Crippen LogP) is 4.75. The minimum absolute atomic E-state index is 0.0236. The van der Waals surface area contributed by atoms with E-state index in [0.717, 1.165) is 40.0 Å². The van der Waals surface area contributed by atoms with E-state index in [4.69, 9.17) is 4.74 Å². The highest BCUT2D eigenvalue weighted by Crippen LogP contribution is 2.34. The molecule has 0 radical (unpaired) electrons. The maximum atomic E-state index is 12.7. The zero-order chi connectivity index (χ0) is 23.2. The topological polar surface area (TPSA) is 84.8 Å². The number of aromatic amines is 1. The van der Waals surface area contributed by atoms with Crippen LogP contribution in [0.1, 0.15) is 25.8 Å². The van der Waals surface area contributed by atoms with Gasteiger partial charge in [0.25, 0.3) is 0 Å². The van der Waals surface area contributed by atoms with Crippen LogP contribution in [0.5, 0.6) is 0 Å². The average Bonchev–Trinajstić information content (AvgIpc) is 3.43. The van der Waals surface area contributed by atoms with Gasteiger partial charge in [0.1, 0.15) is 0 Å². The van der Waals surface area contributed by atoms with Crippen molar-refractivity contribution in [2.75, 3.05) is 19.8 Å². The summed E-state index contributed by atoms with van der Waals surface area (Å²) in [4.78, 5) is 16.0. The quantitative estimate of drug-likeness (QED) is 0.262. The number of carbonyl (C=O) groups is 1. The summed E-state index contributed by atoms with van der Waals surface area (Å²) in [5, 5.41) is 13.5. The molecule has 7 nitrogen and oxygen atoms in total. The Bertz CT molecular complexity index is 1230. The number of amides is 1. The number of para-hydroxylation sites is 2. The van der Waals surface area contributed by atoms with E-state index in [0.29, 0.717) is 24.9 Å². The minimum atomic E-state index is -0.320. The third-order valence-electron chi connectivity index (χ3n) is 5.44. The monoisotopic (exact) mass is 463 g/mol. The Balaban J connectivity index is 1.64. The first kappa shape index (κ1) is 23.1. The first-order valence-electron chi connectivity index (χ1n) is 11.2. The number of aromatic nitrogens is 4. The molecule has 1 unspecified atom stereocenters. The number of hydrogen-bond acceptors (Lipinski definition) is 5. The molecule has 4 aromatic rings. The van der Waals surface area contributed by atoms with E-state index >= 15 is 0 Å². The van der Waals surface area contributed by atoms with Crippen LogP contribution < -0.4 is 5.32 Å². The van der Waals surface area contributed by atoms with E-state index in [9.17, 15) is 4.79 Å². The van der Waals surface area contributed by atoms with Gasteiger partial charge < -0.3 is 15.0 Å². The summed E-state index contributed by atoms with van der Waals surface area (Å²) in [6, 6.07) is 16.3. The lowest BCUT2D eigenvalue weighted by molar-refractivity contribution is -0.120. The molecule has 0 saturated carbocycles. The van der Waals surface area contributed by atoms with E-state index < -0.39 is 0 Å². The summed E-state index contributed by atoms with van der Waals surface area (Å²) < 4.78 is 7.39. The van der Waals surface area contributed by atoms with Crippen molar-refractivity contribution in [1.82, 2.24) is 25.1 Å². The molecule has 4 rings (SSSR count). The molecule has 1 amide bonds. The number of thioether (sulfide) groups is 1. The van der Waals surface area contributed by atoms with Crippen molar-refractivity contribution < 1.29 is 9.53 Å². The fraction of sp³-hybridized carbons (Fsp3) is 0.320. The third kappa shape index (κ3) is 5.12. The number of benzene rings is 2. The molecule has 8 heteroatoms. The summed E-state index contributed by atoms with van der Waals surface area (Å²) in [7, 11) is 0. The number of H-pyrrole nitrogens is 1. The number of rotatable bonds is 10. The lowest BCUT2D eigenvalue weighted by Crippen LogP contribution is -2.32. The lowest BCUT2D eigenvalue weighted by Gasteiger charge is -2.15. The number of fused-ring (bicyclic) bond motifs is 1. The molecular formula is C25H29N5O2S. The predicted molar refractivity (Wildman–Crippen MR) is 133 cm³/mol. The van der Waals surface area contributed by atoms with Crippen LogP contribution >= 0.6 is 11.8 Å². The van der Waals surface area contributed by atoms with Gasteiger partial charge in [-0.15, -0.1) is 10.2 Å². The normalized spacial score (nSPS) is 12.2. The van der Waals surface area contributed by atoms with Gasteiger partial charge in [-0.05, 0) is 44.9 Å². The molecule has 172 valence electrons. The molecule has 1 atom stereocenters. The molecule has 2 N–H and O–H groups in total. The Morgan fingerprint density at radius 2 is 1.97 bits per heavy atom. The van der Waals surface area contributed by atoms with Crippen molar-refractivity contribution in [1.29, 1.82) is 0 Å². The number of nitrogens with zero attached hydrogens (tertiary/aromatic N) is 3. The van der Waals surface area contributed by atoms with Gasteiger partial charge in [0, 0.05) is 42.4 Å². The largest absolute Gasteiger partial charge is 0.382 e. The van der Waals surface area contributed by atoms with Crippen LogP contribution in [0.4, 0.5) is 0 Å². The van der Waals surface area contributed by atoms with Crippen LogP contribution in [0.25, 0.3) is 28.0 Å². The minimum Gasteiger partial charge on any atom is -0.382 e. The second kappa shape index (κ2) is 10.7. The zero-order valence-electron chi connectivity index (χ0n) is 19.2. The Hall–Kier alpha value is -3.10. The molecule has 0 aliphatic heterocycles. The lowest BCUT2D eigenvalue weighted by atomic mass is 10.1. The average molecular weight is 464 g/mol. The van der Waals surface area contributed by atoms with Gasteiger partial charge in [-0.1, -0.05) is 48.2 Å². The fourth-order valence-corrected chi connectivity index (χ4v) is 4.58. The number of ether oxygens (including phenoxy) is 1. The van der Waals surface area contributed by atoms with Gasteiger partial charge in [0.2, 0.25) is 5.91 Å². The van der Waals surface area contributed by atoms with Gasteiger partial charge >= 0.3 is 0 Å². The van der Waals surface area contributed by atoms with Gasteiger partial charge in [-0.25, -0.2) is 0 Å². The molecule has 2 heterocycles. The van der Waals surface area contributed by atoms with Crippen LogP contribution in [0.2, 0.25) is 0 Å². The number of carbonyl (C=O) groups excluding carboxylic acids is 1. The van der Waals surface area contributed by atoms with Gasteiger partial charge in [-0.2, -0.15) is 0 Å². The van der Waals surface area contributed by atoms with Crippen LogP contribution in [-0.4, -0.2) is 50.7 Å². The molecule has 0 bridgehead atoms. The van der Waals surface area contributed by atoms with Crippen LogP contribution in [0.3, 0.4) is 0 Å². The SMILES string of the molecule is CCOCCCNC(=O)C(C)Sc1nnc(-c2c[nH]c3ccccc23)n1-c1ccccc1C. The first-order chi connectivity index (χ1) is 16.1. The van der Waals surface area contributed by atoms with Crippen molar-refractivity contribution in [3.05, 3.63) is 60.3 Å². The highest BCUT2D eigenvalue weighted by atomic mass is 32.2. The van der Waals surface area contributed by atoms with Gasteiger partial charge in [0.05, 0.1) is 10.9 Å². The molecule has 2 aromatic carbocycles. The molecular weight excluding hydrogens is 434 g/mol. The van der Waals surface area contributed by atoms with E-state index in [2.05, 4.69) is 50.2 Å². The summed E-state index contributed by atoms with van der Waals surface area (Å²) >= 11 is 1.41. The Labute approximate surface area is 197 Å². The van der Waals surface area contributed by atoms with E-state index in [1.54, 1.807) is 0 Å². The van der Waals surface area contributed by atoms with Crippen LogP contribution in [0.15, 0.2) is 59.9 Å². The molecule has 0 saturated heterocycles. The fourth-order valence-electron chi connectivity index (χ4n) is 3.69. The molecule has 33 heavy (non-hydrogen) atoms. The van der Waals surface area contributed by atoms with Crippen molar-refractivity contribution >= 4 is 28.6 Å². The van der Waals surface area contributed by atoms with Crippen molar-refractivity contribution in [3.63, 3.8) is 0 Å². The van der Waals surface area contributed by atoms with Gasteiger partial charge in [-0.3, -0.25) is 9.36 Å². The molecule has 0 fully saturated rings. The molecule has 0 aliphatic carbocycles. The Morgan fingerprint density at radius 1 is 1.18 bits per heavy atom. The number of hydrogen-bond donors (Lipinski definition) is 2. The maximum absolute atomic E-state index is 12.7. The van der Waals surface area contributed by atoms with Crippen molar-refractivity contribution in [2.24, 2.45) is 0 Å². The summed E-state index contributed by atoms with van der Waals surface area (Å²) in [5.41, 5.74) is 4.12. The standard InChI is InChI=1S/C25H29N5O2S/c1-4-32-15-9-14-26-24(31)18(3)33-25-29-28-23(30(25)22-13-8-5-10-17(22)2)20-16-27-21-12-7-6-11-19(20)21/h5-8,10-13,16,18,27H,4,9,14-15H2,1-3H3,(H,26,31). The molecule has 0 spiro atoms.